The van der Waals surface area contributed by atoms with E-state index in [0.717, 1.165) is 50.3 Å². The molecule has 5 nitrogen and oxygen atoms in total. The number of carbonyl (C=O) groups is 1. The molecule has 0 aliphatic carbocycles. The van der Waals surface area contributed by atoms with Crippen LogP contribution >= 0.6 is 11.6 Å². The van der Waals surface area contributed by atoms with Crippen molar-refractivity contribution >= 4 is 23.3 Å². The molecule has 1 N–H and O–H groups in total. The lowest BCUT2D eigenvalue weighted by molar-refractivity contribution is -0.0712. The van der Waals surface area contributed by atoms with Crippen molar-refractivity contribution in [3.05, 3.63) is 28.8 Å². The summed E-state index contributed by atoms with van der Waals surface area (Å²) < 4.78 is 5.81. The van der Waals surface area contributed by atoms with Gasteiger partial charge in [0.1, 0.15) is 0 Å². The van der Waals surface area contributed by atoms with Gasteiger partial charge in [-0.1, -0.05) is 17.7 Å². The second kappa shape index (κ2) is 7.94. The van der Waals surface area contributed by atoms with E-state index in [9.17, 15) is 4.79 Å². The summed E-state index contributed by atoms with van der Waals surface area (Å²) in [4.78, 5) is 17.1. The van der Waals surface area contributed by atoms with E-state index in [-0.39, 0.29) is 24.3 Å². The third kappa shape index (κ3) is 4.66. The summed E-state index contributed by atoms with van der Waals surface area (Å²) in [5.74, 6) is 0. The second-order valence-corrected chi connectivity index (χ2v) is 7.77. The summed E-state index contributed by atoms with van der Waals surface area (Å²) >= 11 is 6.16. The van der Waals surface area contributed by atoms with Gasteiger partial charge in [0.05, 0.1) is 12.2 Å². The lowest BCUT2D eigenvalue weighted by Crippen LogP contribution is -2.51. The molecular formula is C19H28ClN3O2. The fraction of sp³-hybridized carbons (Fsp3) is 0.632. The zero-order valence-corrected chi connectivity index (χ0v) is 16.1. The molecule has 0 saturated carbocycles. The summed E-state index contributed by atoms with van der Waals surface area (Å²) in [6.07, 6.45) is 2.62. The predicted molar refractivity (Wildman–Crippen MR) is 101 cm³/mol. The van der Waals surface area contributed by atoms with E-state index in [1.165, 1.54) is 0 Å². The van der Waals surface area contributed by atoms with Crippen molar-refractivity contribution < 1.29 is 9.53 Å². The molecule has 1 aromatic rings. The third-order valence-electron chi connectivity index (χ3n) is 5.03. The number of nitrogens with one attached hydrogen (secondary N) is 1. The Balaban J connectivity index is 1.60. The van der Waals surface area contributed by atoms with E-state index in [0.29, 0.717) is 5.02 Å². The summed E-state index contributed by atoms with van der Waals surface area (Å²) in [6, 6.07) is 5.87. The van der Waals surface area contributed by atoms with E-state index < -0.39 is 0 Å². The number of hydrogen-bond acceptors (Lipinski definition) is 3. The van der Waals surface area contributed by atoms with Gasteiger partial charge in [0, 0.05) is 42.9 Å². The fourth-order valence-corrected chi connectivity index (χ4v) is 4.07. The Morgan fingerprint density at radius 1 is 1.32 bits per heavy atom. The number of likely N-dealkylation sites (tertiary alicyclic amines) is 1. The van der Waals surface area contributed by atoms with Gasteiger partial charge in [0.15, 0.2) is 0 Å². The van der Waals surface area contributed by atoms with Crippen LogP contribution in [-0.2, 0) is 4.74 Å². The zero-order valence-electron chi connectivity index (χ0n) is 15.3. The Hall–Kier alpha value is -1.30. The summed E-state index contributed by atoms with van der Waals surface area (Å²) in [6.45, 7) is 9.78. The number of benzene rings is 1. The topological polar surface area (TPSA) is 44.8 Å². The summed E-state index contributed by atoms with van der Waals surface area (Å²) in [5, 5.41) is 3.67. The van der Waals surface area contributed by atoms with Crippen LogP contribution in [0, 0.1) is 6.92 Å². The maximum absolute atomic E-state index is 12.7. The van der Waals surface area contributed by atoms with Gasteiger partial charge in [0.2, 0.25) is 0 Å². The molecule has 6 heteroatoms. The van der Waals surface area contributed by atoms with Crippen LogP contribution in [0.2, 0.25) is 5.02 Å². The molecule has 1 aromatic carbocycles. The smallest absolute Gasteiger partial charge is 0.322 e. The van der Waals surface area contributed by atoms with Crippen molar-refractivity contribution in [1.29, 1.82) is 0 Å². The molecule has 0 bridgehead atoms. The van der Waals surface area contributed by atoms with Crippen molar-refractivity contribution in [2.24, 2.45) is 0 Å². The molecule has 0 radical (unpaired) electrons. The Morgan fingerprint density at radius 2 is 2.04 bits per heavy atom. The quantitative estimate of drug-likeness (QED) is 0.887. The molecule has 0 spiro atoms. The van der Waals surface area contributed by atoms with Gasteiger partial charge in [-0.15, -0.1) is 0 Å². The summed E-state index contributed by atoms with van der Waals surface area (Å²) in [7, 11) is 0. The standard InChI is InChI=1S/C19H28ClN3O2/c1-13-6-7-16(9-18(13)20)21-19(24)23-8-4-5-17(23)12-22-10-14(2)25-15(3)11-22/h6-7,9,14-15,17H,4-5,8,10-12H2,1-3H3,(H,21,24). The molecule has 3 atom stereocenters. The van der Waals surface area contributed by atoms with Crippen molar-refractivity contribution in [1.82, 2.24) is 9.80 Å². The van der Waals surface area contributed by atoms with Crippen molar-refractivity contribution in [2.45, 2.75) is 51.9 Å². The normalized spacial score (nSPS) is 27.5. The molecule has 138 valence electrons. The highest BCUT2D eigenvalue weighted by atomic mass is 35.5. The lowest BCUT2D eigenvalue weighted by Gasteiger charge is -2.38. The molecule has 2 aliphatic rings. The van der Waals surface area contributed by atoms with Crippen LogP contribution in [-0.4, -0.2) is 60.3 Å². The van der Waals surface area contributed by atoms with Crippen molar-refractivity contribution in [3.8, 4) is 0 Å². The Bertz CT molecular complexity index is 615. The molecule has 2 aliphatic heterocycles. The molecule has 2 amide bonds. The number of aryl methyl sites for hydroxylation is 1. The number of ether oxygens (including phenoxy) is 1. The first-order valence-electron chi connectivity index (χ1n) is 9.14. The number of morpholine rings is 1. The van der Waals surface area contributed by atoms with Gasteiger partial charge in [-0.3, -0.25) is 4.90 Å². The number of amides is 2. The SMILES string of the molecule is Cc1ccc(NC(=O)N2CCCC2CN2CC(C)OC(C)C2)cc1Cl. The van der Waals surface area contributed by atoms with Crippen LogP contribution in [0.4, 0.5) is 10.5 Å². The van der Waals surface area contributed by atoms with Crippen LogP contribution in [0.5, 0.6) is 0 Å². The first-order valence-corrected chi connectivity index (χ1v) is 9.51. The van der Waals surface area contributed by atoms with Crippen LogP contribution in [0.3, 0.4) is 0 Å². The molecule has 2 saturated heterocycles. The zero-order chi connectivity index (χ0) is 18.0. The van der Waals surface area contributed by atoms with Gasteiger partial charge in [-0.2, -0.15) is 0 Å². The average molecular weight is 366 g/mol. The molecule has 2 heterocycles. The Morgan fingerprint density at radius 3 is 2.72 bits per heavy atom. The van der Waals surface area contributed by atoms with E-state index in [2.05, 4.69) is 24.1 Å². The maximum Gasteiger partial charge on any atom is 0.322 e. The molecule has 0 aromatic heterocycles. The minimum atomic E-state index is -0.0308. The number of carbonyl (C=O) groups excluding carboxylic acids is 1. The predicted octanol–water partition coefficient (Wildman–Crippen LogP) is 3.75. The number of rotatable bonds is 3. The average Bonchev–Trinajstić information content (AvgIpc) is 2.98. The minimum absolute atomic E-state index is 0.0308. The van der Waals surface area contributed by atoms with Crippen molar-refractivity contribution in [3.63, 3.8) is 0 Å². The van der Waals surface area contributed by atoms with Gasteiger partial charge in [0.25, 0.3) is 0 Å². The largest absolute Gasteiger partial charge is 0.373 e. The highest BCUT2D eigenvalue weighted by Crippen LogP contribution is 2.24. The minimum Gasteiger partial charge on any atom is -0.373 e. The molecular weight excluding hydrogens is 338 g/mol. The van der Waals surface area contributed by atoms with E-state index in [4.69, 9.17) is 16.3 Å². The molecule has 3 unspecified atom stereocenters. The first kappa shape index (κ1) is 18.5. The van der Waals surface area contributed by atoms with Crippen molar-refractivity contribution in [2.75, 3.05) is 31.5 Å². The second-order valence-electron chi connectivity index (χ2n) is 7.36. The Kier molecular flexibility index (Phi) is 5.87. The van der Waals surface area contributed by atoms with Crippen LogP contribution in [0.25, 0.3) is 0 Å². The number of anilines is 1. The van der Waals surface area contributed by atoms with Gasteiger partial charge in [-0.05, 0) is 51.3 Å². The van der Waals surface area contributed by atoms with Gasteiger partial charge in [-0.25, -0.2) is 4.79 Å². The molecule has 2 fully saturated rings. The lowest BCUT2D eigenvalue weighted by atomic mass is 10.1. The highest BCUT2D eigenvalue weighted by Gasteiger charge is 2.32. The van der Waals surface area contributed by atoms with Crippen LogP contribution in [0.1, 0.15) is 32.3 Å². The number of urea groups is 1. The van der Waals surface area contributed by atoms with E-state index in [1.54, 1.807) is 0 Å². The van der Waals surface area contributed by atoms with E-state index >= 15 is 0 Å². The molecule has 25 heavy (non-hydrogen) atoms. The van der Waals surface area contributed by atoms with Crippen LogP contribution in [0.15, 0.2) is 18.2 Å². The summed E-state index contributed by atoms with van der Waals surface area (Å²) in [5.41, 5.74) is 1.76. The van der Waals surface area contributed by atoms with E-state index in [1.807, 2.05) is 30.0 Å². The molecule has 3 rings (SSSR count). The van der Waals surface area contributed by atoms with Crippen LogP contribution < -0.4 is 5.32 Å². The fourth-order valence-electron chi connectivity index (χ4n) is 3.89. The highest BCUT2D eigenvalue weighted by molar-refractivity contribution is 6.31. The number of halogens is 1. The number of hydrogen-bond donors (Lipinski definition) is 1. The first-order chi connectivity index (χ1) is 11.9. The van der Waals surface area contributed by atoms with Gasteiger partial charge >= 0.3 is 6.03 Å². The Labute approximate surface area is 155 Å². The monoisotopic (exact) mass is 365 g/mol. The third-order valence-corrected chi connectivity index (χ3v) is 5.43. The maximum atomic E-state index is 12.7. The number of nitrogens with zero attached hydrogens (tertiary/aromatic N) is 2. The van der Waals surface area contributed by atoms with Gasteiger partial charge < -0.3 is 15.0 Å².